The summed E-state index contributed by atoms with van der Waals surface area (Å²) < 4.78 is 4.47. The molecule has 0 saturated carbocycles. The third-order valence-electron chi connectivity index (χ3n) is 3.90. The second-order valence-corrected chi connectivity index (χ2v) is 5.69. The Bertz CT molecular complexity index is 756. The number of amides is 1. The van der Waals surface area contributed by atoms with E-state index in [-0.39, 0.29) is 18.6 Å². The highest BCUT2D eigenvalue weighted by Gasteiger charge is 2.20. The zero-order valence-corrected chi connectivity index (χ0v) is 14.5. The van der Waals surface area contributed by atoms with E-state index in [1.165, 1.54) is 7.11 Å². The van der Waals surface area contributed by atoms with E-state index in [9.17, 15) is 14.4 Å². The minimum atomic E-state index is -1.12. The van der Waals surface area contributed by atoms with Gasteiger partial charge in [-0.15, -0.1) is 0 Å². The van der Waals surface area contributed by atoms with Gasteiger partial charge in [0.2, 0.25) is 5.91 Å². The van der Waals surface area contributed by atoms with Gasteiger partial charge in [-0.3, -0.25) is 9.59 Å². The molecule has 1 atom stereocenters. The summed E-state index contributed by atoms with van der Waals surface area (Å²) in [6, 6.07) is 15.9. The molecule has 0 saturated heterocycles. The summed E-state index contributed by atoms with van der Waals surface area (Å²) in [7, 11) is 1.17. The number of methoxy groups -OCH3 is 1. The maximum Gasteiger partial charge on any atom is 0.330 e. The Morgan fingerprint density at radius 2 is 1.58 bits per heavy atom. The van der Waals surface area contributed by atoms with Crippen LogP contribution in [0.15, 0.2) is 54.6 Å². The predicted molar refractivity (Wildman–Crippen MR) is 96.5 cm³/mol. The van der Waals surface area contributed by atoms with Crippen molar-refractivity contribution in [1.82, 2.24) is 5.32 Å². The molecular formula is C20H21NO5. The number of hydrogen-bond donors (Lipinski definition) is 2. The molecule has 0 aliphatic carbocycles. The van der Waals surface area contributed by atoms with E-state index in [2.05, 4.69) is 10.1 Å². The SMILES string of the molecule is COC(=O)[C@@H](CO)NC(=O)CCC(=O)c1ccc(-c2ccccc2)cc1. The Kier molecular flexibility index (Phi) is 7.05. The molecule has 2 aromatic carbocycles. The summed E-state index contributed by atoms with van der Waals surface area (Å²) in [5.41, 5.74) is 2.58. The maximum atomic E-state index is 12.2. The minimum absolute atomic E-state index is 0.00976. The van der Waals surface area contributed by atoms with Crippen molar-refractivity contribution in [3.05, 3.63) is 60.2 Å². The quantitative estimate of drug-likeness (QED) is 0.558. The summed E-state index contributed by atoms with van der Waals surface area (Å²) in [4.78, 5) is 35.4. The van der Waals surface area contributed by atoms with E-state index >= 15 is 0 Å². The standard InChI is InChI=1S/C20H21NO5/c1-26-20(25)17(13-22)21-19(24)12-11-18(23)16-9-7-15(8-10-16)14-5-3-2-4-6-14/h2-10,17,22H,11-13H2,1H3,(H,21,24)/t17-/m1/s1. The zero-order chi connectivity index (χ0) is 18.9. The van der Waals surface area contributed by atoms with Crippen molar-refractivity contribution in [3.63, 3.8) is 0 Å². The lowest BCUT2D eigenvalue weighted by atomic mass is 10.0. The van der Waals surface area contributed by atoms with Crippen LogP contribution in [-0.2, 0) is 14.3 Å². The van der Waals surface area contributed by atoms with Gasteiger partial charge in [-0.25, -0.2) is 4.79 Å². The molecule has 136 valence electrons. The monoisotopic (exact) mass is 355 g/mol. The first-order valence-corrected chi connectivity index (χ1v) is 8.22. The van der Waals surface area contributed by atoms with E-state index in [4.69, 9.17) is 5.11 Å². The molecule has 6 heteroatoms. The normalized spacial score (nSPS) is 11.5. The molecule has 0 heterocycles. The second kappa shape index (κ2) is 9.48. The number of carbonyl (C=O) groups is 3. The number of aliphatic hydroxyl groups is 1. The number of nitrogens with one attached hydrogen (secondary N) is 1. The number of carbonyl (C=O) groups excluding carboxylic acids is 3. The Morgan fingerprint density at radius 1 is 0.962 bits per heavy atom. The smallest absolute Gasteiger partial charge is 0.330 e. The molecule has 2 N–H and O–H groups in total. The zero-order valence-electron chi connectivity index (χ0n) is 14.5. The number of ether oxygens (including phenoxy) is 1. The lowest BCUT2D eigenvalue weighted by molar-refractivity contribution is -0.146. The third kappa shape index (κ3) is 5.26. The highest BCUT2D eigenvalue weighted by atomic mass is 16.5. The molecule has 6 nitrogen and oxygen atoms in total. The van der Waals surface area contributed by atoms with Crippen LogP contribution in [0.4, 0.5) is 0 Å². The Morgan fingerprint density at radius 3 is 2.15 bits per heavy atom. The highest BCUT2D eigenvalue weighted by molar-refractivity contribution is 5.98. The van der Waals surface area contributed by atoms with Crippen LogP contribution >= 0.6 is 0 Å². The minimum Gasteiger partial charge on any atom is -0.467 e. The van der Waals surface area contributed by atoms with Crippen molar-refractivity contribution in [1.29, 1.82) is 0 Å². The van der Waals surface area contributed by atoms with Crippen LogP contribution in [0.3, 0.4) is 0 Å². The number of esters is 1. The number of benzene rings is 2. The van der Waals surface area contributed by atoms with E-state index in [0.29, 0.717) is 5.56 Å². The largest absolute Gasteiger partial charge is 0.467 e. The number of rotatable bonds is 8. The van der Waals surface area contributed by atoms with E-state index in [0.717, 1.165) is 11.1 Å². The van der Waals surface area contributed by atoms with Gasteiger partial charge >= 0.3 is 5.97 Å². The predicted octanol–water partition coefficient (Wildman–Crippen LogP) is 1.97. The van der Waals surface area contributed by atoms with Crippen LogP contribution in [0, 0.1) is 0 Å². The molecule has 0 fully saturated rings. The van der Waals surface area contributed by atoms with Crippen molar-refractivity contribution in [3.8, 4) is 11.1 Å². The third-order valence-corrected chi connectivity index (χ3v) is 3.90. The average Bonchev–Trinajstić information content (AvgIpc) is 2.70. The van der Waals surface area contributed by atoms with Crippen LogP contribution in [-0.4, -0.2) is 42.5 Å². The number of aliphatic hydroxyl groups excluding tert-OH is 1. The van der Waals surface area contributed by atoms with Gasteiger partial charge in [0.25, 0.3) is 0 Å². The highest BCUT2D eigenvalue weighted by Crippen LogP contribution is 2.19. The van der Waals surface area contributed by atoms with Crippen molar-refractivity contribution < 1.29 is 24.2 Å². The fourth-order valence-corrected chi connectivity index (χ4v) is 2.44. The van der Waals surface area contributed by atoms with Crippen molar-refractivity contribution in [2.45, 2.75) is 18.9 Å². The Balaban J connectivity index is 1.89. The molecule has 2 rings (SSSR count). The molecule has 0 radical (unpaired) electrons. The molecule has 0 spiro atoms. The first-order valence-electron chi connectivity index (χ1n) is 8.22. The van der Waals surface area contributed by atoms with Gasteiger partial charge in [0.05, 0.1) is 13.7 Å². The van der Waals surface area contributed by atoms with Crippen LogP contribution in [0.1, 0.15) is 23.2 Å². The number of Topliss-reactive ketones (excluding diaryl/α,β-unsaturated/α-hetero) is 1. The first kappa shape index (κ1) is 19.3. The molecule has 0 unspecified atom stereocenters. The summed E-state index contributed by atoms with van der Waals surface area (Å²) in [6.07, 6.45) is -0.0669. The van der Waals surface area contributed by atoms with Gasteiger partial charge in [-0.05, 0) is 11.1 Å². The Labute approximate surface area is 151 Å². The van der Waals surface area contributed by atoms with E-state index in [1.807, 2.05) is 42.5 Å². The maximum absolute atomic E-state index is 12.2. The molecule has 2 aromatic rings. The fraction of sp³-hybridized carbons (Fsp3) is 0.250. The lowest BCUT2D eigenvalue weighted by Gasteiger charge is -2.13. The molecule has 0 bridgehead atoms. The number of ketones is 1. The summed E-state index contributed by atoms with van der Waals surface area (Å²) in [5, 5.41) is 11.4. The summed E-state index contributed by atoms with van der Waals surface area (Å²) >= 11 is 0. The second-order valence-electron chi connectivity index (χ2n) is 5.69. The van der Waals surface area contributed by atoms with Gasteiger partial charge in [-0.2, -0.15) is 0 Å². The van der Waals surface area contributed by atoms with E-state index in [1.54, 1.807) is 12.1 Å². The molecule has 0 aromatic heterocycles. The molecule has 26 heavy (non-hydrogen) atoms. The summed E-state index contributed by atoms with van der Waals surface area (Å²) in [5.74, 6) is -1.40. The summed E-state index contributed by atoms with van der Waals surface area (Å²) in [6.45, 7) is -0.562. The fourth-order valence-electron chi connectivity index (χ4n) is 2.44. The van der Waals surface area contributed by atoms with Crippen molar-refractivity contribution in [2.75, 3.05) is 13.7 Å². The van der Waals surface area contributed by atoms with Gasteiger partial charge in [0, 0.05) is 18.4 Å². The first-order chi connectivity index (χ1) is 12.5. The van der Waals surface area contributed by atoms with Crippen molar-refractivity contribution in [2.24, 2.45) is 0 Å². The van der Waals surface area contributed by atoms with Gasteiger partial charge in [0.1, 0.15) is 0 Å². The van der Waals surface area contributed by atoms with Crippen LogP contribution < -0.4 is 5.32 Å². The van der Waals surface area contributed by atoms with Crippen LogP contribution in [0.25, 0.3) is 11.1 Å². The topological polar surface area (TPSA) is 92.7 Å². The average molecular weight is 355 g/mol. The molecule has 1 amide bonds. The molecular weight excluding hydrogens is 334 g/mol. The van der Waals surface area contributed by atoms with Crippen LogP contribution in [0.5, 0.6) is 0 Å². The van der Waals surface area contributed by atoms with Crippen LogP contribution in [0.2, 0.25) is 0 Å². The Hall–Kier alpha value is -2.99. The number of hydrogen-bond acceptors (Lipinski definition) is 5. The van der Waals surface area contributed by atoms with Crippen molar-refractivity contribution >= 4 is 17.7 Å². The molecule has 0 aliphatic rings. The lowest BCUT2D eigenvalue weighted by Crippen LogP contribution is -2.44. The van der Waals surface area contributed by atoms with Gasteiger partial charge in [0.15, 0.2) is 11.8 Å². The van der Waals surface area contributed by atoms with E-state index < -0.39 is 24.5 Å². The van der Waals surface area contributed by atoms with Gasteiger partial charge < -0.3 is 15.2 Å². The van der Waals surface area contributed by atoms with Gasteiger partial charge in [-0.1, -0.05) is 54.6 Å². The molecule has 0 aliphatic heterocycles.